The molecule has 0 aliphatic rings. The summed E-state index contributed by atoms with van der Waals surface area (Å²) in [6, 6.07) is 0. The van der Waals surface area contributed by atoms with E-state index in [1.807, 2.05) is 13.0 Å². The summed E-state index contributed by atoms with van der Waals surface area (Å²) in [5.74, 6) is 0.852. The minimum absolute atomic E-state index is 0.232. The second-order valence-corrected chi connectivity index (χ2v) is 4.71. The third-order valence-corrected chi connectivity index (χ3v) is 3.00. The van der Waals surface area contributed by atoms with Gasteiger partial charge in [-0.1, -0.05) is 51.8 Å². The van der Waals surface area contributed by atoms with Gasteiger partial charge in [0.25, 0.3) is 0 Å². The normalized spacial score (nSPS) is 15.1. The van der Waals surface area contributed by atoms with Crippen molar-refractivity contribution in [1.82, 2.24) is 0 Å². The van der Waals surface area contributed by atoms with Crippen LogP contribution >= 0.6 is 0 Å². The molecule has 0 aliphatic carbocycles. The predicted octanol–water partition coefficient (Wildman–Crippen LogP) is 4.51. The number of carbonyl (C=O) groups is 1. The molecule has 0 radical (unpaired) electrons. The summed E-state index contributed by atoms with van der Waals surface area (Å²) in [6.07, 6.45) is 12.5. The Morgan fingerprint density at radius 3 is 2.50 bits per heavy atom. The molecule has 0 amide bonds. The Bertz CT molecular complexity index is 266. The Morgan fingerprint density at radius 1 is 1.22 bits per heavy atom. The van der Waals surface area contributed by atoms with Crippen LogP contribution in [0.1, 0.15) is 53.4 Å². The summed E-state index contributed by atoms with van der Waals surface area (Å²) >= 11 is 0. The number of rotatable bonds is 9. The first-order valence-electron chi connectivity index (χ1n) is 7.15. The van der Waals surface area contributed by atoms with Crippen LogP contribution in [0.4, 0.5) is 0 Å². The lowest BCUT2D eigenvalue weighted by molar-refractivity contribution is -0.137. The molecule has 0 saturated carbocycles. The molecule has 0 spiro atoms. The zero-order chi connectivity index (χ0) is 13.8. The number of hydrogen-bond donors (Lipinski definition) is 0. The zero-order valence-corrected chi connectivity index (χ0v) is 12.3. The summed E-state index contributed by atoms with van der Waals surface area (Å²) in [6.45, 7) is 8.85. The highest BCUT2D eigenvalue weighted by molar-refractivity contribution is 5.81. The van der Waals surface area contributed by atoms with Gasteiger partial charge in [-0.25, -0.2) is 4.79 Å². The molecule has 0 aromatic carbocycles. The minimum atomic E-state index is -0.232. The van der Waals surface area contributed by atoms with E-state index in [-0.39, 0.29) is 5.97 Å². The van der Waals surface area contributed by atoms with Gasteiger partial charge in [0.05, 0.1) is 6.61 Å². The standard InChI is InChI=1S/C16H28O2/c1-5-9-15(11-8-10-14(4)6-2)12-13-16(17)18-7-3/h8,10,12-15H,5-7,9,11H2,1-4H3. The number of esters is 1. The summed E-state index contributed by atoms with van der Waals surface area (Å²) in [5, 5.41) is 0. The van der Waals surface area contributed by atoms with E-state index < -0.39 is 0 Å². The van der Waals surface area contributed by atoms with E-state index in [1.54, 1.807) is 6.08 Å². The Labute approximate surface area is 112 Å². The first kappa shape index (κ1) is 16.9. The highest BCUT2D eigenvalue weighted by atomic mass is 16.5. The van der Waals surface area contributed by atoms with Gasteiger partial charge in [0.1, 0.15) is 0 Å². The summed E-state index contributed by atoms with van der Waals surface area (Å²) in [4.78, 5) is 11.3. The van der Waals surface area contributed by atoms with Gasteiger partial charge in [-0.2, -0.15) is 0 Å². The second-order valence-electron chi connectivity index (χ2n) is 4.71. The molecular formula is C16H28O2. The van der Waals surface area contributed by atoms with Crippen molar-refractivity contribution in [3.63, 3.8) is 0 Å². The second kappa shape index (κ2) is 11.1. The van der Waals surface area contributed by atoms with Gasteiger partial charge in [0.2, 0.25) is 0 Å². The van der Waals surface area contributed by atoms with Crippen LogP contribution in [-0.4, -0.2) is 12.6 Å². The lowest BCUT2D eigenvalue weighted by atomic mass is 9.97. The smallest absolute Gasteiger partial charge is 0.330 e. The average Bonchev–Trinajstić information content (AvgIpc) is 2.36. The maximum absolute atomic E-state index is 11.3. The summed E-state index contributed by atoms with van der Waals surface area (Å²) in [7, 11) is 0. The van der Waals surface area contributed by atoms with Crippen molar-refractivity contribution in [3.05, 3.63) is 24.3 Å². The van der Waals surface area contributed by atoms with E-state index in [4.69, 9.17) is 4.74 Å². The molecule has 0 saturated heterocycles. The van der Waals surface area contributed by atoms with Crippen molar-refractivity contribution in [2.45, 2.75) is 53.4 Å². The van der Waals surface area contributed by atoms with Crippen molar-refractivity contribution in [1.29, 1.82) is 0 Å². The third kappa shape index (κ3) is 9.03. The molecular weight excluding hydrogens is 224 g/mol. The van der Waals surface area contributed by atoms with E-state index in [9.17, 15) is 4.79 Å². The predicted molar refractivity (Wildman–Crippen MR) is 77.4 cm³/mol. The molecule has 0 aromatic heterocycles. The number of hydrogen-bond acceptors (Lipinski definition) is 2. The third-order valence-electron chi connectivity index (χ3n) is 3.00. The minimum Gasteiger partial charge on any atom is -0.463 e. The summed E-state index contributed by atoms with van der Waals surface area (Å²) < 4.78 is 4.89. The van der Waals surface area contributed by atoms with Crippen LogP contribution in [0.3, 0.4) is 0 Å². The van der Waals surface area contributed by atoms with Gasteiger partial charge in [-0.05, 0) is 31.6 Å². The highest BCUT2D eigenvalue weighted by Gasteiger charge is 2.03. The molecule has 0 fully saturated rings. The Balaban J connectivity index is 4.21. The van der Waals surface area contributed by atoms with Gasteiger partial charge in [0.15, 0.2) is 0 Å². The van der Waals surface area contributed by atoms with E-state index >= 15 is 0 Å². The lowest BCUT2D eigenvalue weighted by Gasteiger charge is -2.09. The largest absolute Gasteiger partial charge is 0.463 e. The van der Waals surface area contributed by atoms with E-state index in [2.05, 4.69) is 32.9 Å². The molecule has 104 valence electrons. The first-order chi connectivity index (χ1) is 8.63. The molecule has 0 bridgehead atoms. The lowest BCUT2D eigenvalue weighted by Crippen LogP contribution is -2.01. The Kier molecular flexibility index (Phi) is 10.4. The van der Waals surface area contributed by atoms with Gasteiger partial charge >= 0.3 is 5.97 Å². The SMILES string of the molecule is CCCC(C=CC(=O)OCC)CC=CC(C)CC. The Hall–Kier alpha value is -1.05. The van der Waals surface area contributed by atoms with Crippen molar-refractivity contribution < 1.29 is 9.53 Å². The molecule has 2 nitrogen and oxygen atoms in total. The molecule has 0 aliphatic heterocycles. The van der Waals surface area contributed by atoms with Crippen LogP contribution in [-0.2, 0) is 9.53 Å². The fourth-order valence-electron chi connectivity index (χ4n) is 1.69. The monoisotopic (exact) mass is 252 g/mol. The van der Waals surface area contributed by atoms with Crippen molar-refractivity contribution in [3.8, 4) is 0 Å². The average molecular weight is 252 g/mol. The van der Waals surface area contributed by atoms with Gasteiger partial charge in [0, 0.05) is 6.08 Å². The molecule has 2 heteroatoms. The van der Waals surface area contributed by atoms with E-state index in [0.29, 0.717) is 18.4 Å². The maximum atomic E-state index is 11.3. The number of ether oxygens (including phenoxy) is 1. The molecule has 2 atom stereocenters. The quantitative estimate of drug-likeness (QED) is 0.343. The van der Waals surface area contributed by atoms with Crippen LogP contribution in [0.15, 0.2) is 24.3 Å². The van der Waals surface area contributed by atoms with Gasteiger partial charge in [-0.3, -0.25) is 0 Å². The maximum Gasteiger partial charge on any atom is 0.330 e. The topological polar surface area (TPSA) is 26.3 Å². The van der Waals surface area contributed by atoms with E-state index in [1.165, 1.54) is 6.42 Å². The molecule has 2 unspecified atom stereocenters. The van der Waals surface area contributed by atoms with Gasteiger partial charge < -0.3 is 4.74 Å². The van der Waals surface area contributed by atoms with E-state index in [0.717, 1.165) is 19.3 Å². The molecule has 0 rings (SSSR count). The zero-order valence-electron chi connectivity index (χ0n) is 12.3. The van der Waals surface area contributed by atoms with Crippen molar-refractivity contribution >= 4 is 5.97 Å². The molecule has 18 heavy (non-hydrogen) atoms. The molecule has 0 aromatic rings. The number of carbonyl (C=O) groups excluding carboxylic acids is 1. The Morgan fingerprint density at radius 2 is 1.94 bits per heavy atom. The van der Waals surface area contributed by atoms with Crippen LogP contribution in [0.2, 0.25) is 0 Å². The highest BCUT2D eigenvalue weighted by Crippen LogP contribution is 2.15. The molecule has 0 N–H and O–H groups in total. The van der Waals surface area contributed by atoms with Crippen molar-refractivity contribution in [2.75, 3.05) is 6.61 Å². The molecule has 0 heterocycles. The number of allylic oxidation sites excluding steroid dienone is 3. The van der Waals surface area contributed by atoms with Crippen LogP contribution in [0.25, 0.3) is 0 Å². The fraction of sp³-hybridized carbons (Fsp3) is 0.688. The first-order valence-corrected chi connectivity index (χ1v) is 7.15. The van der Waals surface area contributed by atoms with Crippen LogP contribution in [0, 0.1) is 11.8 Å². The summed E-state index contributed by atoms with van der Waals surface area (Å²) in [5.41, 5.74) is 0. The van der Waals surface area contributed by atoms with Crippen LogP contribution in [0.5, 0.6) is 0 Å². The van der Waals surface area contributed by atoms with Crippen molar-refractivity contribution in [2.24, 2.45) is 11.8 Å². The van der Waals surface area contributed by atoms with Gasteiger partial charge in [-0.15, -0.1) is 0 Å². The fourth-order valence-corrected chi connectivity index (χ4v) is 1.69. The van der Waals surface area contributed by atoms with Crippen LogP contribution < -0.4 is 0 Å².